The van der Waals surface area contributed by atoms with Gasteiger partial charge in [-0.05, 0) is 32.8 Å². The molecule has 0 bridgehead atoms. The van der Waals surface area contributed by atoms with Crippen molar-refractivity contribution in [2.75, 3.05) is 31.6 Å². The van der Waals surface area contributed by atoms with Gasteiger partial charge in [0.2, 0.25) is 5.91 Å². The minimum Gasteiger partial charge on any atom is -0.369 e. The van der Waals surface area contributed by atoms with Crippen molar-refractivity contribution in [3.05, 3.63) is 23.9 Å². The SMILES string of the molecule is CN=C(NCc1cccnc1N1CCCC(C(N)=O)C1)N1CC(C)(C)C1(C)C. The van der Waals surface area contributed by atoms with E-state index in [2.05, 4.69) is 58.9 Å². The quantitative estimate of drug-likeness (QED) is 0.610. The second-order valence-electron chi connectivity index (χ2n) is 9.10. The van der Waals surface area contributed by atoms with Gasteiger partial charge in [-0.15, -0.1) is 0 Å². The number of guanidine groups is 1. The van der Waals surface area contributed by atoms with Crippen LogP contribution < -0.4 is 16.0 Å². The molecule has 0 saturated carbocycles. The number of likely N-dealkylation sites (tertiary alicyclic amines) is 1. The molecular weight excluding hydrogens is 352 g/mol. The Balaban J connectivity index is 1.71. The van der Waals surface area contributed by atoms with E-state index in [1.807, 2.05) is 19.3 Å². The molecule has 1 aromatic heterocycles. The molecule has 0 radical (unpaired) electrons. The van der Waals surface area contributed by atoms with Crippen LogP contribution in [0.25, 0.3) is 0 Å². The van der Waals surface area contributed by atoms with E-state index in [4.69, 9.17) is 5.73 Å². The van der Waals surface area contributed by atoms with E-state index in [1.165, 1.54) is 0 Å². The number of primary amides is 1. The van der Waals surface area contributed by atoms with Crippen molar-refractivity contribution in [3.8, 4) is 0 Å². The zero-order chi connectivity index (χ0) is 20.5. The van der Waals surface area contributed by atoms with Gasteiger partial charge in [0.25, 0.3) is 0 Å². The van der Waals surface area contributed by atoms with Crippen molar-refractivity contribution in [1.29, 1.82) is 0 Å². The first kappa shape index (κ1) is 20.4. The molecule has 3 heterocycles. The van der Waals surface area contributed by atoms with Crippen molar-refractivity contribution in [1.82, 2.24) is 15.2 Å². The molecule has 28 heavy (non-hydrogen) atoms. The van der Waals surface area contributed by atoms with Gasteiger partial charge >= 0.3 is 0 Å². The van der Waals surface area contributed by atoms with Crippen LogP contribution in [0, 0.1) is 11.3 Å². The average Bonchev–Trinajstić information content (AvgIpc) is 2.68. The maximum atomic E-state index is 11.6. The van der Waals surface area contributed by atoms with E-state index in [-0.39, 0.29) is 22.8 Å². The van der Waals surface area contributed by atoms with Gasteiger partial charge in [-0.2, -0.15) is 0 Å². The Kier molecular flexibility index (Phi) is 5.55. The zero-order valence-corrected chi connectivity index (χ0v) is 17.8. The highest BCUT2D eigenvalue weighted by atomic mass is 16.1. The van der Waals surface area contributed by atoms with Crippen LogP contribution in [0.5, 0.6) is 0 Å². The van der Waals surface area contributed by atoms with Crippen LogP contribution in [-0.4, -0.2) is 54.0 Å². The largest absolute Gasteiger partial charge is 0.369 e. The molecule has 2 fully saturated rings. The van der Waals surface area contributed by atoms with Crippen LogP contribution in [0.1, 0.15) is 46.1 Å². The number of piperidine rings is 1. The second-order valence-corrected chi connectivity index (χ2v) is 9.10. The summed E-state index contributed by atoms with van der Waals surface area (Å²) >= 11 is 0. The number of nitrogens with one attached hydrogen (secondary N) is 1. The molecule has 1 unspecified atom stereocenters. The Morgan fingerprint density at radius 2 is 2.14 bits per heavy atom. The number of aliphatic imine (C=N–C) groups is 1. The molecular formula is C21H34N6O. The minimum atomic E-state index is -0.219. The van der Waals surface area contributed by atoms with Gasteiger partial charge in [0.15, 0.2) is 5.96 Å². The Labute approximate surface area is 168 Å². The molecule has 2 saturated heterocycles. The van der Waals surface area contributed by atoms with Crippen molar-refractivity contribution in [2.45, 2.75) is 52.6 Å². The maximum absolute atomic E-state index is 11.6. The summed E-state index contributed by atoms with van der Waals surface area (Å²) in [4.78, 5) is 25.3. The van der Waals surface area contributed by atoms with Crippen molar-refractivity contribution in [3.63, 3.8) is 0 Å². The van der Waals surface area contributed by atoms with E-state index in [1.54, 1.807) is 0 Å². The minimum absolute atomic E-state index is 0.0498. The summed E-state index contributed by atoms with van der Waals surface area (Å²) in [6, 6.07) is 4.04. The van der Waals surface area contributed by atoms with Crippen LogP contribution in [0.4, 0.5) is 5.82 Å². The Hall–Kier alpha value is -2.31. The third-order valence-electron chi connectivity index (χ3n) is 6.78. The van der Waals surface area contributed by atoms with Crippen LogP contribution in [-0.2, 0) is 11.3 Å². The lowest BCUT2D eigenvalue weighted by Gasteiger charge is -2.62. The smallest absolute Gasteiger partial charge is 0.222 e. The summed E-state index contributed by atoms with van der Waals surface area (Å²) in [5, 5.41) is 3.51. The van der Waals surface area contributed by atoms with Gasteiger partial charge in [0, 0.05) is 55.9 Å². The number of carbonyl (C=O) groups excluding carboxylic acids is 1. The molecule has 7 nitrogen and oxygen atoms in total. The van der Waals surface area contributed by atoms with Crippen molar-refractivity contribution in [2.24, 2.45) is 22.1 Å². The first-order chi connectivity index (χ1) is 13.2. The molecule has 3 rings (SSSR count). The number of aromatic nitrogens is 1. The lowest BCUT2D eigenvalue weighted by atomic mass is 9.65. The first-order valence-corrected chi connectivity index (χ1v) is 10.1. The summed E-state index contributed by atoms with van der Waals surface area (Å²) in [6.07, 6.45) is 3.62. The van der Waals surface area contributed by atoms with Crippen LogP contribution >= 0.6 is 0 Å². The lowest BCUT2D eigenvalue weighted by molar-refractivity contribution is -0.122. The fourth-order valence-corrected chi connectivity index (χ4v) is 4.12. The predicted octanol–water partition coefficient (Wildman–Crippen LogP) is 1.98. The molecule has 2 aliphatic rings. The maximum Gasteiger partial charge on any atom is 0.222 e. The Morgan fingerprint density at radius 3 is 2.75 bits per heavy atom. The normalized spacial score (nSPS) is 23.9. The molecule has 0 aromatic carbocycles. The number of nitrogens with two attached hydrogens (primary N) is 1. The highest BCUT2D eigenvalue weighted by Gasteiger charge is 2.53. The molecule has 7 heteroatoms. The van der Waals surface area contributed by atoms with Crippen LogP contribution in [0.15, 0.2) is 23.3 Å². The van der Waals surface area contributed by atoms with Gasteiger partial charge in [-0.3, -0.25) is 9.79 Å². The number of carbonyl (C=O) groups is 1. The average molecular weight is 387 g/mol. The number of nitrogens with zero attached hydrogens (tertiary/aromatic N) is 4. The fourth-order valence-electron chi connectivity index (χ4n) is 4.12. The summed E-state index contributed by atoms with van der Waals surface area (Å²) < 4.78 is 0. The Bertz CT molecular complexity index is 757. The zero-order valence-electron chi connectivity index (χ0n) is 17.8. The van der Waals surface area contributed by atoms with Gasteiger partial charge in [-0.25, -0.2) is 4.98 Å². The molecule has 0 spiro atoms. The third kappa shape index (κ3) is 3.66. The monoisotopic (exact) mass is 386 g/mol. The van der Waals surface area contributed by atoms with Crippen LogP contribution in [0.2, 0.25) is 0 Å². The number of hydrogen-bond donors (Lipinski definition) is 2. The van der Waals surface area contributed by atoms with E-state index in [9.17, 15) is 4.79 Å². The highest BCUT2D eigenvalue weighted by Crippen LogP contribution is 2.46. The fraction of sp³-hybridized carbons (Fsp3) is 0.667. The molecule has 154 valence electrons. The van der Waals surface area contributed by atoms with Crippen molar-refractivity contribution >= 4 is 17.7 Å². The summed E-state index contributed by atoms with van der Waals surface area (Å²) in [5.41, 5.74) is 6.95. The molecule has 1 aromatic rings. The van der Waals surface area contributed by atoms with Gasteiger partial charge in [0.05, 0.1) is 5.92 Å². The van der Waals surface area contributed by atoms with E-state index < -0.39 is 0 Å². The second kappa shape index (κ2) is 7.60. The first-order valence-electron chi connectivity index (χ1n) is 10.1. The lowest BCUT2D eigenvalue weighted by Crippen LogP contribution is -2.72. The highest BCUT2D eigenvalue weighted by molar-refractivity contribution is 5.82. The Morgan fingerprint density at radius 1 is 1.39 bits per heavy atom. The van der Waals surface area contributed by atoms with Gasteiger partial charge in [0.1, 0.15) is 5.82 Å². The van der Waals surface area contributed by atoms with Gasteiger partial charge in [-0.1, -0.05) is 19.9 Å². The molecule has 1 amide bonds. The van der Waals surface area contributed by atoms with E-state index >= 15 is 0 Å². The van der Waals surface area contributed by atoms with Crippen LogP contribution in [0.3, 0.4) is 0 Å². The summed E-state index contributed by atoms with van der Waals surface area (Å²) in [5.74, 6) is 1.52. The number of hydrogen-bond acceptors (Lipinski definition) is 4. The number of rotatable bonds is 4. The standard InChI is InChI=1S/C21H34N6O/c1-20(2)14-27(21(20,3)4)19(23-5)25-12-15-8-6-10-24-18(15)26-11-7-9-16(13-26)17(22)28/h6,8,10,16H,7,9,11-14H2,1-5H3,(H2,22,28)(H,23,25). The number of pyridine rings is 1. The van der Waals surface area contributed by atoms with Gasteiger partial charge < -0.3 is 20.9 Å². The molecule has 3 N–H and O–H groups in total. The molecule has 0 aliphatic carbocycles. The van der Waals surface area contributed by atoms with E-state index in [0.29, 0.717) is 13.1 Å². The summed E-state index contributed by atoms with van der Waals surface area (Å²) in [7, 11) is 1.83. The molecule has 2 aliphatic heterocycles. The van der Waals surface area contributed by atoms with E-state index in [0.717, 1.165) is 43.3 Å². The third-order valence-corrected chi connectivity index (χ3v) is 6.78. The predicted molar refractivity (Wildman–Crippen MR) is 113 cm³/mol. The molecule has 1 atom stereocenters. The topological polar surface area (TPSA) is 86.9 Å². The number of amides is 1. The van der Waals surface area contributed by atoms with Crippen molar-refractivity contribution < 1.29 is 4.79 Å². The summed E-state index contributed by atoms with van der Waals surface area (Å²) in [6.45, 7) is 12.3. The number of anilines is 1.